The molecule has 0 aromatic rings. The largest absolute Gasteiger partial charge is 0.472 e. The van der Waals surface area contributed by atoms with Gasteiger partial charge in [-0.3, -0.25) is 13.8 Å². The van der Waals surface area contributed by atoms with Crippen LogP contribution in [0.25, 0.3) is 0 Å². The van der Waals surface area contributed by atoms with Crippen LogP contribution in [0.15, 0.2) is 85.1 Å². The first-order chi connectivity index (χ1) is 27.4. The molecule has 0 bridgehead atoms. The number of hydrogen-bond donors (Lipinski definition) is 4. The molecule has 4 N–H and O–H groups in total. The predicted molar refractivity (Wildman–Crippen MR) is 241 cm³/mol. The molecule has 10 heteroatoms. The molecule has 0 aromatic carbocycles. The van der Waals surface area contributed by atoms with Gasteiger partial charge in [0.2, 0.25) is 5.91 Å². The van der Waals surface area contributed by atoms with Crippen LogP contribution in [0.1, 0.15) is 149 Å². The summed E-state index contributed by atoms with van der Waals surface area (Å²) < 4.78 is 23.4. The third kappa shape index (κ3) is 40.2. The minimum absolute atomic E-state index is 0.000147. The molecule has 4 atom stereocenters. The molecule has 1 amide bonds. The quantitative estimate of drug-likeness (QED) is 0.0161. The lowest BCUT2D eigenvalue weighted by Crippen LogP contribution is -2.45. The van der Waals surface area contributed by atoms with E-state index in [1.54, 1.807) is 18.2 Å². The third-order valence-electron chi connectivity index (χ3n) is 9.24. The highest BCUT2D eigenvalue weighted by Crippen LogP contribution is 2.43. The van der Waals surface area contributed by atoms with E-state index in [-0.39, 0.29) is 19.4 Å². The molecule has 9 nitrogen and oxygen atoms in total. The van der Waals surface area contributed by atoms with Crippen LogP contribution in [0.4, 0.5) is 0 Å². The number of nitrogens with one attached hydrogen (secondary N) is 1. The minimum Gasteiger partial charge on any atom is -0.389 e. The summed E-state index contributed by atoms with van der Waals surface area (Å²) >= 11 is 0. The van der Waals surface area contributed by atoms with Gasteiger partial charge in [0.05, 0.1) is 46.0 Å². The Bertz CT molecular complexity index is 1220. The van der Waals surface area contributed by atoms with Gasteiger partial charge in [-0.05, 0) is 51.4 Å². The Morgan fingerprint density at radius 3 is 1.70 bits per heavy atom. The molecule has 328 valence electrons. The van der Waals surface area contributed by atoms with Gasteiger partial charge in [0.25, 0.3) is 0 Å². The van der Waals surface area contributed by atoms with Crippen LogP contribution >= 0.6 is 7.82 Å². The molecule has 0 saturated carbocycles. The molecule has 0 radical (unpaired) electrons. The topological polar surface area (TPSA) is 125 Å². The number of amides is 1. The van der Waals surface area contributed by atoms with Gasteiger partial charge < -0.3 is 24.9 Å². The molecular formula is C47H84N2O7P+. The Morgan fingerprint density at radius 1 is 0.667 bits per heavy atom. The third-order valence-corrected chi connectivity index (χ3v) is 10.2. The molecular weight excluding hydrogens is 735 g/mol. The maximum atomic E-state index is 12.9. The molecule has 2 unspecified atom stereocenters. The number of aliphatic hydroxyl groups excluding tert-OH is 2. The van der Waals surface area contributed by atoms with Crippen LogP contribution in [0.5, 0.6) is 0 Å². The van der Waals surface area contributed by atoms with E-state index >= 15 is 0 Å². The number of phosphoric acid groups is 1. The van der Waals surface area contributed by atoms with Gasteiger partial charge in [-0.2, -0.15) is 0 Å². The van der Waals surface area contributed by atoms with E-state index in [0.717, 1.165) is 51.4 Å². The lowest BCUT2D eigenvalue weighted by Gasteiger charge is -2.25. The fourth-order valence-corrected chi connectivity index (χ4v) is 6.41. The first-order valence-corrected chi connectivity index (χ1v) is 23.6. The molecule has 0 aliphatic rings. The van der Waals surface area contributed by atoms with Gasteiger partial charge in [0.15, 0.2) is 0 Å². The monoisotopic (exact) mass is 820 g/mol. The highest BCUT2D eigenvalue weighted by molar-refractivity contribution is 7.47. The normalized spacial score (nSPS) is 15.7. The van der Waals surface area contributed by atoms with Gasteiger partial charge in [-0.15, -0.1) is 0 Å². The lowest BCUT2D eigenvalue weighted by molar-refractivity contribution is -0.870. The van der Waals surface area contributed by atoms with Gasteiger partial charge in [-0.1, -0.05) is 176 Å². The van der Waals surface area contributed by atoms with E-state index in [0.29, 0.717) is 11.0 Å². The summed E-state index contributed by atoms with van der Waals surface area (Å²) in [6, 6.07) is -0.975. The Hall–Kier alpha value is -2.36. The predicted octanol–water partition coefficient (Wildman–Crippen LogP) is 11.2. The first kappa shape index (κ1) is 54.6. The summed E-state index contributed by atoms with van der Waals surface area (Å²) in [4.78, 5) is 23.1. The van der Waals surface area contributed by atoms with Gasteiger partial charge in [-0.25, -0.2) is 4.57 Å². The second-order valence-electron chi connectivity index (χ2n) is 15.9. The molecule has 0 saturated heterocycles. The maximum Gasteiger partial charge on any atom is 0.472 e. The molecule has 0 fully saturated rings. The average Bonchev–Trinajstić information content (AvgIpc) is 3.16. The molecule has 57 heavy (non-hydrogen) atoms. The van der Waals surface area contributed by atoms with Crippen molar-refractivity contribution >= 4 is 13.7 Å². The second kappa shape index (κ2) is 37.9. The zero-order chi connectivity index (χ0) is 42.3. The van der Waals surface area contributed by atoms with Crippen molar-refractivity contribution in [2.75, 3.05) is 40.9 Å². The summed E-state index contributed by atoms with van der Waals surface area (Å²) in [6.07, 6.45) is 48.3. The molecule has 0 aliphatic heterocycles. The minimum atomic E-state index is -4.41. The Labute approximate surface area is 349 Å². The number of likely N-dealkylation sites (N-methyl/N-ethyl adjacent to an activating group) is 1. The summed E-state index contributed by atoms with van der Waals surface area (Å²) in [7, 11) is 1.41. The van der Waals surface area contributed by atoms with E-state index in [1.807, 2.05) is 39.4 Å². The van der Waals surface area contributed by atoms with Gasteiger partial charge >= 0.3 is 7.82 Å². The number of carbonyl (C=O) groups is 1. The van der Waals surface area contributed by atoms with E-state index in [4.69, 9.17) is 9.05 Å². The van der Waals surface area contributed by atoms with Crippen LogP contribution in [0, 0.1) is 0 Å². The molecule has 0 spiro atoms. The van der Waals surface area contributed by atoms with Crippen LogP contribution < -0.4 is 5.32 Å². The number of nitrogens with zero attached hydrogens (tertiary/aromatic N) is 1. The van der Waals surface area contributed by atoms with Crippen molar-refractivity contribution in [3.8, 4) is 0 Å². The average molecular weight is 820 g/mol. The van der Waals surface area contributed by atoms with Gasteiger partial charge in [0, 0.05) is 6.42 Å². The number of unbranched alkanes of at least 4 members (excludes halogenated alkanes) is 13. The van der Waals surface area contributed by atoms with E-state index < -0.39 is 38.6 Å². The number of allylic oxidation sites excluding steroid dienone is 12. The first-order valence-electron chi connectivity index (χ1n) is 22.1. The standard InChI is InChI=1S/C47H83N2O7P/c1-6-8-10-12-14-16-18-20-22-24-25-27-29-31-33-35-37-44(50)39-40-47(52)48-45(43-56-57(53,54)55-42-41-49(3,4)5)46(51)38-36-34-32-30-28-26-23-21-19-17-15-13-11-9-7-2/h8,10,14,16,20,22,25,27,31,33,35-38,44-46,50-51H,6-7,9,11-13,15,17-19,21,23-24,26,28-30,32,34,39-43H2,1-5H3,(H-,48,52,53,54)/p+1/b10-8-,16-14-,22-20-,27-25-,33-31-,37-35-,38-36+/t44?,45-,46+/m0/s1. The number of phosphoric ester groups is 1. The van der Waals surface area contributed by atoms with Crippen molar-refractivity contribution in [1.82, 2.24) is 5.32 Å². The number of rotatable bonds is 38. The summed E-state index contributed by atoms with van der Waals surface area (Å²) in [5.41, 5.74) is 0. The van der Waals surface area contributed by atoms with E-state index in [1.165, 1.54) is 70.6 Å². The van der Waals surface area contributed by atoms with Crippen LogP contribution in [0.2, 0.25) is 0 Å². The van der Waals surface area contributed by atoms with Crippen molar-refractivity contribution in [3.05, 3.63) is 85.1 Å². The smallest absolute Gasteiger partial charge is 0.389 e. The lowest BCUT2D eigenvalue weighted by atomic mass is 10.0. The Kier molecular flexibility index (Phi) is 36.3. The van der Waals surface area contributed by atoms with Crippen LogP contribution in [0.3, 0.4) is 0 Å². The zero-order valence-corrected chi connectivity index (χ0v) is 37.5. The highest BCUT2D eigenvalue weighted by Gasteiger charge is 2.28. The summed E-state index contributed by atoms with van der Waals surface area (Å²) in [5.74, 6) is -0.409. The zero-order valence-electron chi connectivity index (χ0n) is 36.7. The highest BCUT2D eigenvalue weighted by atomic mass is 31.2. The number of quaternary nitrogens is 1. The van der Waals surface area contributed by atoms with Crippen LogP contribution in [-0.4, -0.2) is 84.6 Å². The Morgan fingerprint density at radius 2 is 1.18 bits per heavy atom. The summed E-state index contributed by atoms with van der Waals surface area (Å²) in [5, 5.41) is 24.1. The van der Waals surface area contributed by atoms with E-state index in [9.17, 15) is 24.5 Å². The van der Waals surface area contributed by atoms with Crippen LogP contribution in [-0.2, 0) is 18.4 Å². The van der Waals surface area contributed by atoms with E-state index in [2.05, 4.69) is 67.8 Å². The number of hydrogen-bond acceptors (Lipinski definition) is 6. The molecule has 0 aromatic heterocycles. The van der Waals surface area contributed by atoms with Crippen molar-refractivity contribution in [2.24, 2.45) is 0 Å². The molecule has 0 aliphatic carbocycles. The Balaban J connectivity index is 4.71. The second-order valence-corrected chi connectivity index (χ2v) is 17.3. The van der Waals surface area contributed by atoms with Crippen molar-refractivity contribution in [2.45, 2.75) is 167 Å². The fourth-order valence-electron chi connectivity index (χ4n) is 5.68. The number of carbonyl (C=O) groups excluding carboxylic acids is 1. The molecule has 0 rings (SSSR count). The number of aliphatic hydroxyl groups is 2. The van der Waals surface area contributed by atoms with Crippen molar-refractivity contribution < 1.29 is 38.0 Å². The SMILES string of the molecule is CC/C=C\C/C=C\C/C=C\C/C=C\C/C=C\C=C/C(O)CCC(=O)N[C@@H](COP(=O)(O)OCC[N+](C)(C)C)[C@H](O)/C=C/CCCCCCCCCCCCCCC. The molecule has 0 heterocycles. The van der Waals surface area contributed by atoms with Crippen molar-refractivity contribution in [3.63, 3.8) is 0 Å². The maximum absolute atomic E-state index is 12.9. The fraction of sp³-hybridized carbons (Fsp3) is 0.681. The van der Waals surface area contributed by atoms with Crippen molar-refractivity contribution in [1.29, 1.82) is 0 Å². The van der Waals surface area contributed by atoms with Gasteiger partial charge in [0.1, 0.15) is 13.2 Å². The summed E-state index contributed by atoms with van der Waals surface area (Å²) in [6.45, 7) is 4.48.